The number of carbonyl (C=O) groups excluding carboxylic acids is 1. The van der Waals surface area contributed by atoms with E-state index in [0.29, 0.717) is 28.7 Å². The van der Waals surface area contributed by atoms with E-state index in [0.717, 1.165) is 5.39 Å². The summed E-state index contributed by atoms with van der Waals surface area (Å²) in [6.45, 7) is 0. The van der Waals surface area contributed by atoms with Crippen molar-refractivity contribution in [2.24, 2.45) is 0 Å². The number of para-hydroxylation sites is 1. The fraction of sp³-hybridized carbons (Fsp3) is 0. The number of ether oxygens (including phenoxy) is 1. The number of anilines is 1. The molecule has 0 atom stereocenters. The van der Waals surface area contributed by atoms with Gasteiger partial charge in [-0.05, 0) is 42.5 Å². The number of furan rings is 1. The van der Waals surface area contributed by atoms with Crippen LogP contribution in [0, 0.1) is 0 Å². The van der Waals surface area contributed by atoms with E-state index < -0.39 is 0 Å². The molecular formula is C22H15N5O3. The van der Waals surface area contributed by atoms with E-state index in [-0.39, 0.29) is 11.7 Å². The summed E-state index contributed by atoms with van der Waals surface area (Å²) in [6, 6.07) is 19.6. The lowest BCUT2D eigenvalue weighted by Gasteiger charge is -2.07. The van der Waals surface area contributed by atoms with Gasteiger partial charge in [0.1, 0.15) is 17.7 Å². The fourth-order valence-corrected chi connectivity index (χ4v) is 2.91. The lowest BCUT2D eigenvalue weighted by atomic mass is 10.2. The van der Waals surface area contributed by atoms with E-state index in [1.54, 1.807) is 65.8 Å². The molecule has 0 bridgehead atoms. The molecule has 0 aliphatic heterocycles. The van der Waals surface area contributed by atoms with Crippen molar-refractivity contribution in [3.05, 3.63) is 91.2 Å². The molecule has 0 saturated carbocycles. The maximum atomic E-state index is 12.4. The van der Waals surface area contributed by atoms with Crippen molar-refractivity contribution in [2.45, 2.75) is 0 Å². The predicted molar refractivity (Wildman–Crippen MR) is 110 cm³/mol. The minimum absolute atomic E-state index is 0.254. The Morgan fingerprint density at radius 3 is 2.60 bits per heavy atom. The number of carbonyl (C=O) groups is 1. The molecule has 3 aromatic heterocycles. The molecular weight excluding hydrogens is 382 g/mol. The van der Waals surface area contributed by atoms with E-state index >= 15 is 0 Å². The molecule has 0 saturated heterocycles. The van der Waals surface area contributed by atoms with Crippen molar-refractivity contribution in [3.8, 4) is 17.4 Å². The first kappa shape index (κ1) is 17.6. The first-order chi connectivity index (χ1) is 14.7. The Morgan fingerprint density at radius 2 is 1.87 bits per heavy atom. The van der Waals surface area contributed by atoms with Gasteiger partial charge in [-0.15, -0.1) is 10.2 Å². The van der Waals surface area contributed by atoms with Crippen molar-refractivity contribution in [1.29, 1.82) is 0 Å². The highest BCUT2D eigenvalue weighted by Gasteiger charge is 2.12. The van der Waals surface area contributed by atoms with Crippen LogP contribution in [0.4, 0.5) is 5.69 Å². The molecule has 0 radical (unpaired) electrons. The van der Waals surface area contributed by atoms with Gasteiger partial charge >= 0.3 is 0 Å². The quantitative estimate of drug-likeness (QED) is 0.471. The molecule has 5 rings (SSSR count). The van der Waals surface area contributed by atoms with Crippen molar-refractivity contribution in [1.82, 2.24) is 19.7 Å². The Bertz CT molecular complexity index is 1260. The summed E-state index contributed by atoms with van der Waals surface area (Å²) in [5.41, 5.74) is 1.29. The molecule has 0 unspecified atom stereocenters. The number of hydrogen-bond acceptors (Lipinski definition) is 6. The van der Waals surface area contributed by atoms with Gasteiger partial charge < -0.3 is 14.5 Å². The Kier molecular flexibility index (Phi) is 4.41. The zero-order chi connectivity index (χ0) is 20.3. The molecule has 0 spiro atoms. The van der Waals surface area contributed by atoms with E-state index in [4.69, 9.17) is 9.15 Å². The first-order valence-electron chi connectivity index (χ1n) is 9.14. The molecule has 0 aliphatic carbocycles. The number of hydrogen-bond donors (Lipinski definition) is 1. The lowest BCUT2D eigenvalue weighted by Crippen LogP contribution is -2.10. The van der Waals surface area contributed by atoms with Gasteiger partial charge in [-0.2, -0.15) is 0 Å². The number of fused-ring (bicyclic) bond motifs is 1. The standard InChI is InChI=1S/C22H15N5O3/c28-22(19-13-15-3-1-2-4-18(15)30-19)24-16-5-7-17(8-6-16)29-21-10-9-20(25-26-21)27-12-11-23-14-27/h1-14H,(H,24,28). The second-order valence-electron chi connectivity index (χ2n) is 6.43. The minimum Gasteiger partial charge on any atom is -0.451 e. The molecule has 0 fully saturated rings. The van der Waals surface area contributed by atoms with Crippen LogP contribution in [0.15, 0.2) is 89.9 Å². The van der Waals surface area contributed by atoms with Crippen molar-refractivity contribution >= 4 is 22.6 Å². The van der Waals surface area contributed by atoms with Crippen LogP contribution in [-0.4, -0.2) is 25.7 Å². The molecule has 1 amide bonds. The summed E-state index contributed by atoms with van der Waals surface area (Å²) in [6.07, 6.45) is 5.09. The minimum atomic E-state index is -0.319. The summed E-state index contributed by atoms with van der Waals surface area (Å²) in [7, 11) is 0. The van der Waals surface area contributed by atoms with E-state index in [1.165, 1.54) is 0 Å². The third kappa shape index (κ3) is 3.61. The van der Waals surface area contributed by atoms with Crippen LogP contribution in [0.1, 0.15) is 10.6 Å². The Hall–Kier alpha value is -4.46. The molecule has 3 heterocycles. The fourth-order valence-electron chi connectivity index (χ4n) is 2.91. The van der Waals surface area contributed by atoms with Crippen molar-refractivity contribution < 1.29 is 13.9 Å². The molecule has 0 aliphatic rings. The number of nitrogens with zero attached hydrogens (tertiary/aromatic N) is 4. The smallest absolute Gasteiger partial charge is 0.291 e. The Morgan fingerprint density at radius 1 is 1.00 bits per heavy atom. The summed E-state index contributed by atoms with van der Waals surface area (Å²) in [5.74, 6) is 1.51. The second-order valence-corrected chi connectivity index (χ2v) is 6.43. The first-order valence-corrected chi connectivity index (χ1v) is 9.14. The zero-order valence-electron chi connectivity index (χ0n) is 15.6. The third-order valence-electron chi connectivity index (χ3n) is 4.38. The highest BCUT2D eigenvalue weighted by atomic mass is 16.5. The van der Waals surface area contributed by atoms with Crippen molar-refractivity contribution in [3.63, 3.8) is 0 Å². The Balaban J connectivity index is 1.24. The zero-order valence-corrected chi connectivity index (χ0v) is 15.6. The maximum Gasteiger partial charge on any atom is 0.291 e. The molecule has 1 N–H and O–H groups in total. The number of imidazole rings is 1. The SMILES string of the molecule is O=C(Nc1ccc(Oc2ccc(-n3ccnc3)nn2)cc1)c1cc2ccccc2o1. The van der Waals surface area contributed by atoms with Gasteiger partial charge in [0.05, 0.1) is 0 Å². The molecule has 30 heavy (non-hydrogen) atoms. The van der Waals surface area contributed by atoms with Crippen LogP contribution < -0.4 is 10.1 Å². The predicted octanol–water partition coefficient (Wildman–Crippen LogP) is 4.45. The third-order valence-corrected chi connectivity index (χ3v) is 4.38. The highest BCUT2D eigenvalue weighted by Crippen LogP contribution is 2.23. The number of aromatic nitrogens is 4. The molecule has 8 nitrogen and oxygen atoms in total. The Labute approximate surface area is 170 Å². The summed E-state index contributed by atoms with van der Waals surface area (Å²) in [5, 5.41) is 11.9. The van der Waals surface area contributed by atoms with Crippen LogP contribution in [0.3, 0.4) is 0 Å². The van der Waals surface area contributed by atoms with Gasteiger partial charge in [0.25, 0.3) is 5.91 Å². The summed E-state index contributed by atoms with van der Waals surface area (Å²) < 4.78 is 13.0. The molecule has 8 heteroatoms. The van der Waals surface area contributed by atoms with Gasteiger partial charge in [-0.3, -0.25) is 9.36 Å². The van der Waals surface area contributed by atoms with Gasteiger partial charge in [-0.1, -0.05) is 18.2 Å². The normalized spacial score (nSPS) is 10.8. The van der Waals surface area contributed by atoms with E-state index in [2.05, 4.69) is 20.5 Å². The van der Waals surface area contributed by atoms with Crippen LogP contribution in [-0.2, 0) is 0 Å². The number of benzene rings is 2. The summed E-state index contributed by atoms with van der Waals surface area (Å²) >= 11 is 0. The van der Waals surface area contributed by atoms with Crippen LogP contribution in [0.2, 0.25) is 0 Å². The van der Waals surface area contributed by atoms with E-state index in [1.807, 2.05) is 24.3 Å². The molecule has 5 aromatic rings. The van der Waals surface area contributed by atoms with Crippen LogP contribution >= 0.6 is 0 Å². The van der Waals surface area contributed by atoms with Gasteiger partial charge in [0.15, 0.2) is 11.6 Å². The summed E-state index contributed by atoms with van der Waals surface area (Å²) in [4.78, 5) is 16.4. The van der Waals surface area contributed by atoms with Crippen LogP contribution in [0.5, 0.6) is 11.6 Å². The lowest BCUT2D eigenvalue weighted by molar-refractivity contribution is 0.0998. The number of nitrogens with one attached hydrogen (secondary N) is 1. The highest BCUT2D eigenvalue weighted by molar-refractivity contribution is 6.04. The number of rotatable bonds is 5. The second kappa shape index (κ2) is 7.51. The van der Waals surface area contributed by atoms with Gasteiger partial charge in [0, 0.05) is 29.5 Å². The number of amides is 1. The maximum absolute atomic E-state index is 12.4. The van der Waals surface area contributed by atoms with Gasteiger partial charge in [0.2, 0.25) is 5.88 Å². The molecule has 146 valence electrons. The average Bonchev–Trinajstić information content (AvgIpc) is 3.46. The van der Waals surface area contributed by atoms with Gasteiger partial charge in [-0.25, -0.2) is 4.98 Å². The average molecular weight is 397 g/mol. The molecule has 2 aromatic carbocycles. The largest absolute Gasteiger partial charge is 0.451 e. The van der Waals surface area contributed by atoms with E-state index in [9.17, 15) is 4.79 Å². The van der Waals surface area contributed by atoms with Crippen molar-refractivity contribution in [2.75, 3.05) is 5.32 Å². The monoisotopic (exact) mass is 397 g/mol. The topological polar surface area (TPSA) is 95.1 Å². The van der Waals surface area contributed by atoms with Crippen LogP contribution in [0.25, 0.3) is 16.8 Å².